The van der Waals surface area contributed by atoms with Crippen molar-refractivity contribution in [2.24, 2.45) is 0 Å². The monoisotopic (exact) mass is 240 g/mol. The highest BCUT2D eigenvalue weighted by Crippen LogP contribution is 2.14. The first-order valence-corrected chi connectivity index (χ1v) is 5.90. The summed E-state index contributed by atoms with van der Waals surface area (Å²) in [4.78, 5) is 2.17. The van der Waals surface area contributed by atoms with E-state index in [1.165, 1.54) is 5.56 Å². The maximum Gasteiger partial charge on any atom is 0.105 e. The van der Waals surface area contributed by atoms with Gasteiger partial charge in [-0.25, -0.2) is 0 Å². The molecule has 92 valence electrons. The molecule has 0 radical (unpaired) electrons. The third-order valence-corrected chi connectivity index (χ3v) is 2.98. The van der Waals surface area contributed by atoms with Gasteiger partial charge in [-0.3, -0.25) is 4.90 Å². The summed E-state index contributed by atoms with van der Waals surface area (Å²) in [5.74, 6) is 0.954. The van der Waals surface area contributed by atoms with Crippen molar-refractivity contribution in [1.82, 2.24) is 4.90 Å². The summed E-state index contributed by atoms with van der Waals surface area (Å²) in [7, 11) is 2.04. The van der Waals surface area contributed by atoms with Gasteiger partial charge in [-0.1, -0.05) is 18.2 Å². The molecule has 3 nitrogen and oxygen atoms in total. The predicted octanol–water partition coefficient (Wildman–Crippen LogP) is 3.09. The molecule has 0 unspecified atom stereocenters. The molecule has 0 atom stereocenters. The second-order valence-corrected chi connectivity index (χ2v) is 4.44. The first-order valence-electron chi connectivity index (χ1n) is 5.90. The highest BCUT2D eigenvalue weighted by Gasteiger charge is 2.08. The molecule has 0 aliphatic heterocycles. The van der Waals surface area contributed by atoms with Crippen molar-refractivity contribution in [2.45, 2.75) is 20.0 Å². The smallest absolute Gasteiger partial charge is 0.105 e. The van der Waals surface area contributed by atoms with Gasteiger partial charge in [0.1, 0.15) is 5.76 Å². The molecule has 1 heterocycles. The summed E-state index contributed by atoms with van der Waals surface area (Å²) in [5.41, 5.74) is 2.99. The Labute approximate surface area is 107 Å². The Bertz CT molecular complexity index is 566. The van der Waals surface area contributed by atoms with Gasteiger partial charge in [0.2, 0.25) is 0 Å². The minimum atomic E-state index is 0.744. The number of aryl methyl sites for hydroxylation is 1. The zero-order chi connectivity index (χ0) is 13.0. The highest BCUT2D eigenvalue weighted by molar-refractivity contribution is 5.37. The summed E-state index contributed by atoms with van der Waals surface area (Å²) in [6.07, 6.45) is 1.71. The Morgan fingerprint density at radius 2 is 1.89 bits per heavy atom. The molecule has 0 bridgehead atoms. The number of hydrogen-bond acceptors (Lipinski definition) is 3. The summed E-state index contributed by atoms with van der Waals surface area (Å²) in [5, 5.41) is 9.05. The number of furan rings is 1. The molecule has 0 N–H and O–H groups in total. The van der Waals surface area contributed by atoms with E-state index in [0.717, 1.165) is 30.0 Å². The van der Waals surface area contributed by atoms with Crippen LogP contribution in [-0.4, -0.2) is 11.9 Å². The van der Waals surface area contributed by atoms with Gasteiger partial charge in [0, 0.05) is 18.7 Å². The van der Waals surface area contributed by atoms with Crippen molar-refractivity contribution in [2.75, 3.05) is 7.05 Å². The first-order chi connectivity index (χ1) is 8.70. The summed E-state index contributed by atoms with van der Waals surface area (Å²) < 4.78 is 5.28. The topological polar surface area (TPSA) is 40.2 Å². The fraction of sp³-hybridized carbons (Fsp3) is 0.267. The van der Waals surface area contributed by atoms with E-state index in [1.807, 2.05) is 44.3 Å². The molecule has 2 aromatic rings. The Hall–Kier alpha value is -2.05. The van der Waals surface area contributed by atoms with Crippen LogP contribution < -0.4 is 0 Å². The Morgan fingerprint density at radius 3 is 2.56 bits per heavy atom. The maximum absolute atomic E-state index is 9.05. The predicted molar refractivity (Wildman–Crippen MR) is 69.8 cm³/mol. The fourth-order valence-electron chi connectivity index (χ4n) is 1.98. The molecule has 18 heavy (non-hydrogen) atoms. The van der Waals surface area contributed by atoms with E-state index in [0.29, 0.717) is 0 Å². The molecular weight excluding hydrogens is 224 g/mol. The molecule has 0 saturated carbocycles. The molecule has 3 heteroatoms. The lowest BCUT2D eigenvalue weighted by molar-refractivity contribution is 0.316. The van der Waals surface area contributed by atoms with Crippen LogP contribution in [-0.2, 0) is 13.1 Å². The average Bonchev–Trinajstić information content (AvgIpc) is 2.75. The van der Waals surface area contributed by atoms with Crippen LogP contribution in [0.25, 0.3) is 0 Å². The van der Waals surface area contributed by atoms with Gasteiger partial charge < -0.3 is 4.42 Å². The lowest BCUT2D eigenvalue weighted by Crippen LogP contribution is -2.18. The molecular formula is C15H16N2O. The molecule has 0 aliphatic carbocycles. The SMILES string of the molecule is Cc1occc1CN(C)Cc1ccccc1C#N. The van der Waals surface area contributed by atoms with E-state index in [2.05, 4.69) is 11.0 Å². The quantitative estimate of drug-likeness (QED) is 0.824. The second-order valence-electron chi connectivity index (χ2n) is 4.44. The lowest BCUT2D eigenvalue weighted by atomic mass is 10.1. The van der Waals surface area contributed by atoms with Crippen LogP contribution >= 0.6 is 0 Å². The second kappa shape index (κ2) is 5.52. The van der Waals surface area contributed by atoms with Gasteiger partial charge in [0.15, 0.2) is 0 Å². The van der Waals surface area contributed by atoms with Crippen molar-refractivity contribution in [3.63, 3.8) is 0 Å². The van der Waals surface area contributed by atoms with Crippen molar-refractivity contribution < 1.29 is 4.42 Å². The lowest BCUT2D eigenvalue weighted by Gasteiger charge is -2.16. The van der Waals surface area contributed by atoms with Gasteiger partial charge in [0.05, 0.1) is 17.9 Å². The normalized spacial score (nSPS) is 10.6. The standard InChI is InChI=1S/C15H16N2O/c1-12-14(7-8-18-12)10-17(2)11-15-6-4-3-5-13(15)9-16/h3-8H,10-11H2,1-2H3. The third-order valence-electron chi connectivity index (χ3n) is 2.98. The van der Waals surface area contributed by atoms with E-state index in [1.54, 1.807) is 6.26 Å². The Balaban J connectivity index is 2.06. The van der Waals surface area contributed by atoms with Crippen molar-refractivity contribution >= 4 is 0 Å². The fourth-order valence-corrected chi connectivity index (χ4v) is 1.98. The number of rotatable bonds is 4. The maximum atomic E-state index is 9.05. The molecule has 1 aromatic heterocycles. The van der Waals surface area contributed by atoms with Gasteiger partial charge in [-0.15, -0.1) is 0 Å². The largest absolute Gasteiger partial charge is 0.469 e. The zero-order valence-electron chi connectivity index (χ0n) is 10.7. The third kappa shape index (κ3) is 2.79. The van der Waals surface area contributed by atoms with Crippen molar-refractivity contribution in [3.8, 4) is 6.07 Å². The number of nitrogens with zero attached hydrogens (tertiary/aromatic N) is 2. The minimum absolute atomic E-state index is 0.744. The number of benzene rings is 1. The molecule has 0 fully saturated rings. The van der Waals surface area contributed by atoms with Crippen LogP contribution in [0.3, 0.4) is 0 Å². The van der Waals surface area contributed by atoms with E-state index < -0.39 is 0 Å². The van der Waals surface area contributed by atoms with E-state index >= 15 is 0 Å². The van der Waals surface area contributed by atoms with Crippen LogP contribution in [0, 0.1) is 18.3 Å². The van der Waals surface area contributed by atoms with E-state index in [-0.39, 0.29) is 0 Å². The van der Waals surface area contributed by atoms with Crippen LogP contribution in [0.2, 0.25) is 0 Å². The van der Waals surface area contributed by atoms with Gasteiger partial charge in [-0.05, 0) is 31.7 Å². The summed E-state index contributed by atoms with van der Waals surface area (Å²) >= 11 is 0. The minimum Gasteiger partial charge on any atom is -0.469 e. The molecule has 0 amide bonds. The Kier molecular flexibility index (Phi) is 3.81. The Morgan fingerprint density at radius 1 is 1.17 bits per heavy atom. The van der Waals surface area contributed by atoms with Gasteiger partial charge >= 0.3 is 0 Å². The number of hydrogen-bond donors (Lipinski definition) is 0. The molecule has 0 spiro atoms. The van der Waals surface area contributed by atoms with Crippen LogP contribution in [0.4, 0.5) is 0 Å². The number of nitriles is 1. The van der Waals surface area contributed by atoms with Crippen LogP contribution in [0.15, 0.2) is 41.0 Å². The average molecular weight is 240 g/mol. The van der Waals surface area contributed by atoms with E-state index in [4.69, 9.17) is 9.68 Å². The van der Waals surface area contributed by atoms with Crippen molar-refractivity contribution in [1.29, 1.82) is 5.26 Å². The van der Waals surface area contributed by atoms with E-state index in [9.17, 15) is 0 Å². The van der Waals surface area contributed by atoms with Crippen LogP contribution in [0.5, 0.6) is 0 Å². The van der Waals surface area contributed by atoms with Gasteiger partial charge in [-0.2, -0.15) is 5.26 Å². The van der Waals surface area contributed by atoms with Gasteiger partial charge in [0.25, 0.3) is 0 Å². The summed E-state index contributed by atoms with van der Waals surface area (Å²) in [6.45, 7) is 3.54. The molecule has 1 aromatic carbocycles. The summed E-state index contributed by atoms with van der Waals surface area (Å²) in [6, 6.07) is 11.9. The first kappa shape index (κ1) is 12.4. The highest BCUT2D eigenvalue weighted by atomic mass is 16.3. The molecule has 0 saturated heterocycles. The van der Waals surface area contributed by atoms with Crippen molar-refractivity contribution in [3.05, 3.63) is 59.0 Å². The van der Waals surface area contributed by atoms with Crippen LogP contribution in [0.1, 0.15) is 22.5 Å². The molecule has 2 rings (SSSR count). The zero-order valence-corrected chi connectivity index (χ0v) is 10.7. The molecule has 0 aliphatic rings.